The smallest absolute Gasteiger partial charge is 0.119 e. The minimum atomic E-state index is -0.394. The van der Waals surface area contributed by atoms with Crippen molar-refractivity contribution in [3.05, 3.63) is 95.6 Å². The SMILES string of the molecule is FNC1C=CC=CC1=Cc1ccc(OCc2ccccc2)cc1. The molecular weight excluding hydrogens is 289 g/mol. The standard InChI is InChI=1S/C20H18FNO/c21-22-20-9-5-4-8-18(20)14-16-10-12-19(13-11-16)23-15-17-6-2-1-3-7-17/h1-14,20,22H,15H2. The van der Waals surface area contributed by atoms with Crippen molar-refractivity contribution >= 4 is 6.08 Å². The Morgan fingerprint density at radius 2 is 1.78 bits per heavy atom. The van der Waals surface area contributed by atoms with Crippen molar-refractivity contribution < 1.29 is 9.22 Å². The molecular formula is C20H18FNO. The highest BCUT2D eigenvalue weighted by Gasteiger charge is 2.10. The van der Waals surface area contributed by atoms with Gasteiger partial charge in [-0.2, -0.15) is 0 Å². The first-order valence-corrected chi connectivity index (χ1v) is 7.54. The molecule has 1 unspecified atom stereocenters. The van der Waals surface area contributed by atoms with E-state index < -0.39 is 6.04 Å². The highest BCUT2D eigenvalue weighted by Crippen LogP contribution is 2.19. The number of hydrogen-bond donors (Lipinski definition) is 1. The van der Waals surface area contributed by atoms with Crippen molar-refractivity contribution in [1.82, 2.24) is 5.54 Å². The summed E-state index contributed by atoms with van der Waals surface area (Å²) in [5.41, 5.74) is 4.82. The van der Waals surface area contributed by atoms with E-state index in [1.165, 1.54) is 0 Å². The molecule has 1 aliphatic rings. The van der Waals surface area contributed by atoms with Crippen molar-refractivity contribution in [2.45, 2.75) is 12.6 Å². The number of benzene rings is 2. The lowest BCUT2D eigenvalue weighted by atomic mass is 10.00. The molecule has 0 aliphatic heterocycles. The zero-order chi connectivity index (χ0) is 15.9. The second kappa shape index (κ2) is 7.56. The Balaban J connectivity index is 1.65. The van der Waals surface area contributed by atoms with Crippen LogP contribution in [0.25, 0.3) is 6.08 Å². The fourth-order valence-electron chi connectivity index (χ4n) is 2.39. The quantitative estimate of drug-likeness (QED) is 0.814. The molecule has 0 spiro atoms. The van der Waals surface area contributed by atoms with Gasteiger partial charge in [-0.1, -0.05) is 66.8 Å². The summed E-state index contributed by atoms with van der Waals surface area (Å²) in [4.78, 5) is 0. The molecule has 2 aromatic rings. The summed E-state index contributed by atoms with van der Waals surface area (Å²) in [6, 6.07) is 17.4. The van der Waals surface area contributed by atoms with E-state index in [0.717, 1.165) is 22.4 Å². The zero-order valence-electron chi connectivity index (χ0n) is 12.7. The lowest BCUT2D eigenvalue weighted by Crippen LogP contribution is -2.21. The van der Waals surface area contributed by atoms with E-state index in [1.807, 2.05) is 78.9 Å². The topological polar surface area (TPSA) is 21.3 Å². The highest BCUT2D eigenvalue weighted by molar-refractivity contribution is 5.60. The molecule has 0 fully saturated rings. The van der Waals surface area contributed by atoms with E-state index in [1.54, 1.807) is 11.6 Å². The summed E-state index contributed by atoms with van der Waals surface area (Å²) in [5, 5.41) is 0. The van der Waals surface area contributed by atoms with Crippen molar-refractivity contribution in [2.24, 2.45) is 0 Å². The molecule has 23 heavy (non-hydrogen) atoms. The van der Waals surface area contributed by atoms with Crippen LogP contribution in [-0.4, -0.2) is 6.04 Å². The van der Waals surface area contributed by atoms with Gasteiger partial charge in [0.15, 0.2) is 0 Å². The van der Waals surface area contributed by atoms with Gasteiger partial charge in [-0.3, -0.25) is 0 Å². The Labute approximate surface area is 135 Å². The first-order chi connectivity index (χ1) is 11.3. The summed E-state index contributed by atoms with van der Waals surface area (Å²) in [7, 11) is 0. The first-order valence-electron chi connectivity index (χ1n) is 7.54. The molecule has 2 aromatic carbocycles. The molecule has 3 heteroatoms. The van der Waals surface area contributed by atoms with E-state index in [2.05, 4.69) is 0 Å². The van der Waals surface area contributed by atoms with Crippen molar-refractivity contribution in [3.8, 4) is 5.75 Å². The second-order valence-electron chi connectivity index (χ2n) is 5.32. The average Bonchev–Trinajstić information content (AvgIpc) is 2.62. The van der Waals surface area contributed by atoms with Gasteiger partial charge in [-0.15, -0.1) is 10.0 Å². The third-order valence-corrected chi connectivity index (χ3v) is 3.64. The predicted octanol–water partition coefficient (Wildman–Crippen LogP) is 4.62. The van der Waals surface area contributed by atoms with Crippen molar-refractivity contribution in [2.75, 3.05) is 0 Å². The van der Waals surface area contributed by atoms with Gasteiger partial charge in [0.2, 0.25) is 0 Å². The van der Waals surface area contributed by atoms with Crippen LogP contribution in [0.3, 0.4) is 0 Å². The maximum atomic E-state index is 12.8. The Bertz CT molecular complexity index is 717. The summed E-state index contributed by atoms with van der Waals surface area (Å²) in [5.74, 6) is 0.815. The van der Waals surface area contributed by atoms with Gasteiger partial charge in [0.25, 0.3) is 0 Å². The van der Waals surface area contributed by atoms with Crippen LogP contribution in [0, 0.1) is 0 Å². The Kier molecular flexibility index (Phi) is 5.02. The van der Waals surface area contributed by atoms with Crippen LogP contribution in [0.4, 0.5) is 4.48 Å². The van der Waals surface area contributed by atoms with Gasteiger partial charge in [0.05, 0.1) is 6.04 Å². The number of nitrogens with one attached hydrogen (secondary N) is 1. The van der Waals surface area contributed by atoms with Gasteiger partial charge < -0.3 is 4.74 Å². The number of halogens is 1. The van der Waals surface area contributed by atoms with E-state index in [-0.39, 0.29) is 0 Å². The molecule has 1 atom stereocenters. The number of rotatable bonds is 5. The predicted molar refractivity (Wildman–Crippen MR) is 91.5 cm³/mol. The summed E-state index contributed by atoms with van der Waals surface area (Å²) < 4.78 is 18.5. The molecule has 0 saturated heterocycles. The second-order valence-corrected chi connectivity index (χ2v) is 5.32. The summed E-state index contributed by atoms with van der Waals surface area (Å²) >= 11 is 0. The number of hydrogen-bond acceptors (Lipinski definition) is 2. The lowest BCUT2D eigenvalue weighted by Gasteiger charge is -2.13. The molecule has 0 aromatic heterocycles. The third kappa shape index (κ3) is 4.18. The van der Waals surface area contributed by atoms with Crippen LogP contribution in [0.15, 0.2) is 84.5 Å². The van der Waals surface area contributed by atoms with E-state index in [9.17, 15) is 4.48 Å². The number of ether oxygens (including phenoxy) is 1. The van der Waals surface area contributed by atoms with Crippen molar-refractivity contribution in [3.63, 3.8) is 0 Å². The van der Waals surface area contributed by atoms with Crippen molar-refractivity contribution in [1.29, 1.82) is 0 Å². The van der Waals surface area contributed by atoms with Crippen LogP contribution >= 0.6 is 0 Å². The van der Waals surface area contributed by atoms with Crippen LogP contribution < -0.4 is 10.3 Å². The lowest BCUT2D eigenvalue weighted by molar-refractivity contribution is 0.306. The van der Waals surface area contributed by atoms with Crippen LogP contribution in [-0.2, 0) is 6.61 Å². The van der Waals surface area contributed by atoms with Gasteiger partial charge in [-0.05, 0) is 34.9 Å². The molecule has 0 heterocycles. The van der Waals surface area contributed by atoms with E-state index in [0.29, 0.717) is 6.61 Å². The summed E-state index contributed by atoms with van der Waals surface area (Å²) in [6.45, 7) is 0.544. The maximum absolute atomic E-state index is 12.8. The molecule has 0 radical (unpaired) electrons. The molecule has 0 bridgehead atoms. The molecule has 2 nitrogen and oxygen atoms in total. The molecule has 3 rings (SSSR count). The average molecular weight is 307 g/mol. The van der Waals surface area contributed by atoms with Crippen LogP contribution in [0.2, 0.25) is 0 Å². The first kappa shape index (κ1) is 15.3. The summed E-state index contributed by atoms with van der Waals surface area (Å²) in [6.07, 6.45) is 9.37. The molecule has 0 saturated carbocycles. The zero-order valence-corrected chi connectivity index (χ0v) is 12.7. The monoisotopic (exact) mass is 307 g/mol. The fourth-order valence-corrected chi connectivity index (χ4v) is 2.39. The highest BCUT2D eigenvalue weighted by atomic mass is 19.2. The number of allylic oxidation sites excluding steroid dienone is 2. The van der Waals surface area contributed by atoms with Crippen LogP contribution in [0.1, 0.15) is 11.1 Å². The Morgan fingerprint density at radius 1 is 1.00 bits per heavy atom. The normalized spacial score (nSPS) is 18.3. The van der Waals surface area contributed by atoms with Gasteiger partial charge >= 0.3 is 0 Å². The van der Waals surface area contributed by atoms with E-state index in [4.69, 9.17) is 4.74 Å². The largest absolute Gasteiger partial charge is 0.489 e. The van der Waals surface area contributed by atoms with Gasteiger partial charge in [0, 0.05) is 0 Å². The molecule has 116 valence electrons. The van der Waals surface area contributed by atoms with Gasteiger partial charge in [-0.25, -0.2) is 0 Å². The maximum Gasteiger partial charge on any atom is 0.119 e. The fraction of sp³-hybridized carbons (Fsp3) is 0.100. The molecule has 0 amide bonds. The minimum absolute atomic E-state index is 0.394. The Morgan fingerprint density at radius 3 is 2.52 bits per heavy atom. The third-order valence-electron chi connectivity index (χ3n) is 3.64. The molecule has 1 N–H and O–H groups in total. The van der Waals surface area contributed by atoms with Gasteiger partial charge in [0.1, 0.15) is 12.4 Å². The Hall–Kier alpha value is -2.65. The molecule has 1 aliphatic carbocycles. The van der Waals surface area contributed by atoms with Crippen LogP contribution in [0.5, 0.6) is 5.75 Å². The minimum Gasteiger partial charge on any atom is -0.489 e. The van der Waals surface area contributed by atoms with E-state index >= 15 is 0 Å².